The van der Waals surface area contributed by atoms with Crippen LogP contribution in [-0.2, 0) is 0 Å². The van der Waals surface area contributed by atoms with Gasteiger partial charge >= 0.3 is 0 Å². The van der Waals surface area contributed by atoms with Crippen LogP contribution in [0.15, 0.2) is 33.8 Å². The van der Waals surface area contributed by atoms with Crippen LogP contribution in [0.1, 0.15) is 5.56 Å². The summed E-state index contributed by atoms with van der Waals surface area (Å²) >= 11 is 3.33. The molecule has 0 unspecified atom stereocenters. The zero-order chi connectivity index (χ0) is 7.40. The minimum atomic E-state index is 0.997. The normalized spacial score (nSPS) is 10.5. The van der Waals surface area contributed by atoms with Crippen LogP contribution in [-0.4, -0.2) is 6.21 Å². The third kappa shape index (κ3) is 1.84. The van der Waals surface area contributed by atoms with Gasteiger partial charge in [-0.1, -0.05) is 28.1 Å². The van der Waals surface area contributed by atoms with Gasteiger partial charge < -0.3 is 5.84 Å². The van der Waals surface area contributed by atoms with Crippen molar-refractivity contribution in [3.63, 3.8) is 0 Å². The highest BCUT2D eigenvalue weighted by molar-refractivity contribution is 9.10. The highest BCUT2D eigenvalue weighted by atomic mass is 79.9. The molecule has 1 aromatic carbocycles. The summed E-state index contributed by atoms with van der Waals surface area (Å²) < 4.78 is 1.03. The first-order valence-electron chi connectivity index (χ1n) is 2.82. The molecule has 0 aliphatic heterocycles. The predicted octanol–water partition coefficient (Wildman–Crippen LogP) is 1.74. The Morgan fingerprint density at radius 1 is 1.50 bits per heavy atom. The average Bonchev–Trinajstić information content (AvgIpc) is 1.88. The fourth-order valence-electron chi connectivity index (χ4n) is 0.673. The topological polar surface area (TPSA) is 38.4 Å². The molecule has 2 nitrogen and oxygen atoms in total. The Labute approximate surface area is 67.9 Å². The van der Waals surface area contributed by atoms with Crippen molar-refractivity contribution in [3.8, 4) is 0 Å². The quantitative estimate of drug-likeness (QED) is 0.417. The van der Waals surface area contributed by atoms with Gasteiger partial charge in [0.25, 0.3) is 0 Å². The molecule has 0 amide bonds. The van der Waals surface area contributed by atoms with Crippen molar-refractivity contribution >= 4 is 22.1 Å². The molecule has 1 aromatic rings. The van der Waals surface area contributed by atoms with E-state index in [1.807, 2.05) is 24.3 Å². The van der Waals surface area contributed by atoms with Crippen molar-refractivity contribution in [2.45, 2.75) is 0 Å². The van der Waals surface area contributed by atoms with Gasteiger partial charge in [-0.3, -0.25) is 0 Å². The Bertz CT molecular complexity index is 245. The third-order valence-electron chi connectivity index (χ3n) is 1.07. The second-order valence-corrected chi connectivity index (χ2v) is 2.75. The summed E-state index contributed by atoms with van der Waals surface area (Å²) in [5.41, 5.74) is 0.997. The van der Waals surface area contributed by atoms with Gasteiger partial charge in [0.15, 0.2) is 0 Å². The van der Waals surface area contributed by atoms with Crippen molar-refractivity contribution in [3.05, 3.63) is 34.3 Å². The van der Waals surface area contributed by atoms with E-state index in [9.17, 15) is 0 Å². The Balaban J connectivity index is 2.95. The molecule has 3 heteroatoms. The molecular formula is C7H7BrN2. The second kappa shape index (κ2) is 3.37. The highest BCUT2D eigenvalue weighted by Gasteiger charge is 1.86. The molecule has 0 bridgehead atoms. The maximum atomic E-state index is 4.96. The molecule has 52 valence electrons. The van der Waals surface area contributed by atoms with Gasteiger partial charge in [-0.25, -0.2) is 0 Å². The number of nitrogens with two attached hydrogens (primary N) is 1. The Morgan fingerprint density at radius 2 is 2.30 bits per heavy atom. The van der Waals surface area contributed by atoms with Crippen molar-refractivity contribution in [1.82, 2.24) is 0 Å². The van der Waals surface area contributed by atoms with E-state index in [0.29, 0.717) is 0 Å². The highest BCUT2D eigenvalue weighted by Crippen LogP contribution is 2.09. The summed E-state index contributed by atoms with van der Waals surface area (Å²) in [5.74, 6) is 4.96. The molecule has 0 heterocycles. The number of hydrazone groups is 1. The van der Waals surface area contributed by atoms with Crippen molar-refractivity contribution < 1.29 is 0 Å². The van der Waals surface area contributed by atoms with Crippen LogP contribution < -0.4 is 5.84 Å². The van der Waals surface area contributed by atoms with Crippen molar-refractivity contribution in [1.29, 1.82) is 0 Å². The first kappa shape index (κ1) is 7.28. The van der Waals surface area contributed by atoms with Gasteiger partial charge in [0.05, 0.1) is 6.21 Å². The maximum Gasteiger partial charge on any atom is 0.0538 e. The summed E-state index contributed by atoms with van der Waals surface area (Å²) in [5, 5.41) is 3.40. The number of benzene rings is 1. The van der Waals surface area contributed by atoms with E-state index in [-0.39, 0.29) is 0 Å². The largest absolute Gasteiger partial charge is 0.323 e. The van der Waals surface area contributed by atoms with E-state index in [0.717, 1.165) is 10.0 Å². The van der Waals surface area contributed by atoms with Crippen molar-refractivity contribution in [2.24, 2.45) is 10.9 Å². The molecule has 10 heavy (non-hydrogen) atoms. The van der Waals surface area contributed by atoms with Gasteiger partial charge in [0.2, 0.25) is 0 Å². The summed E-state index contributed by atoms with van der Waals surface area (Å²) in [6.07, 6.45) is 1.60. The predicted molar refractivity (Wildman–Crippen MR) is 45.9 cm³/mol. The lowest BCUT2D eigenvalue weighted by Crippen LogP contribution is -1.84. The minimum Gasteiger partial charge on any atom is -0.323 e. The summed E-state index contributed by atoms with van der Waals surface area (Å²) in [6.45, 7) is 0. The molecule has 2 N–H and O–H groups in total. The fourth-order valence-corrected chi connectivity index (χ4v) is 1.09. The van der Waals surface area contributed by atoms with Gasteiger partial charge in [0.1, 0.15) is 0 Å². The standard InChI is InChI=1S/C7H7BrN2/c8-7-3-1-2-6(4-7)5-10-9/h1-5H,9H2/b10-5+. The lowest BCUT2D eigenvalue weighted by Gasteiger charge is -1.90. The van der Waals surface area contributed by atoms with E-state index in [2.05, 4.69) is 21.0 Å². The minimum absolute atomic E-state index is 0.997. The Morgan fingerprint density at radius 3 is 2.90 bits per heavy atom. The molecule has 1 rings (SSSR count). The van der Waals surface area contributed by atoms with Crippen LogP contribution >= 0.6 is 15.9 Å². The van der Waals surface area contributed by atoms with Gasteiger partial charge in [-0.2, -0.15) is 5.10 Å². The molecule has 0 saturated carbocycles. The molecule has 0 aliphatic carbocycles. The first-order chi connectivity index (χ1) is 4.83. The van der Waals surface area contributed by atoms with E-state index in [4.69, 9.17) is 5.84 Å². The van der Waals surface area contributed by atoms with Crippen molar-refractivity contribution in [2.75, 3.05) is 0 Å². The van der Waals surface area contributed by atoms with Gasteiger partial charge in [0, 0.05) is 4.47 Å². The Kier molecular flexibility index (Phi) is 2.45. The van der Waals surface area contributed by atoms with Gasteiger partial charge in [-0.15, -0.1) is 0 Å². The van der Waals surface area contributed by atoms with E-state index in [1.165, 1.54) is 0 Å². The molecule has 0 aliphatic rings. The molecule has 0 radical (unpaired) electrons. The summed E-state index contributed by atoms with van der Waals surface area (Å²) in [6, 6.07) is 7.76. The molecule has 0 spiro atoms. The van der Waals surface area contributed by atoms with Crippen LogP contribution in [0.5, 0.6) is 0 Å². The molecule has 0 fully saturated rings. The smallest absolute Gasteiger partial charge is 0.0538 e. The Hall–Kier alpha value is -0.830. The van der Waals surface area contributed by atoms with Crippen LogP contribution in [0.25, 0.3) is 0 Å². The SMILES string of the molecule is N/N=C/c1cccc(Br)c1. The number of halogens is 1. The van der Waals surface area contributed by atoms with E-state index < -0.39 is 0 Å². The molecular weight excluding hydrogens is 192 g/mol. The maximum absolute atomic E-state index is 4.96. The van der Waals surface area contributed by atoms with Crippen LogP contribution in [0.2, 0.25) is 0 Å². The molecule has 0 atom stereocenters. The number of hydrogen-bond donors (Lipinski definition) is 1. The average molecular weight is 199 g/mol. The molecule has 0 aromatic heterocycles. The zero-order valence-corrected chi connectivity index (χ0v) is 6.88. The number of nitrogens with zero attached hydrogens (tertiary/aromatic N) is 1. The monoisotopic (exact) mass is 198 g/mol. The van der Waals surface area contributed by atoms with Gasteiger partial charge in [-0.05, 0) is 17.7 Å². The molecule has 0 saturated heterocycles. The number of rotatable bonds is 1. The third-order valence-corrected chi connectivity index (χ3v) is 1.57. The first-order valence-corrected chi connectivity index (χ1v) is 3.61. The lowest BCUT2D eigenvalue weighted by atomic mass is 10.2. The van der Waals surface area contributed by atoms with E-state index >= 15 is 0 Å². The fraction of sp³-hybridized carbons (Fsp3) is 0. The van der Waals surface area contributed by atoms with Crippen LogP contribution in [0, 0.1) is 0 Å². The van der Waals surface area contributed by atoms with Crippen LogP contribution in [0.4, 0.5) is 0 Å². The summed E-state index contributed by atoms with van der Waals surface area (Å²) in [4.78, 5) is 0. The van der Waals surface area contributed by atoms with Crippen LogP contribution in [0.3, 0.4) is 0 Å². The lowest BCUT2D eigenvalue weighted by molar-refractivity contribution is 1.26. The van der Waals surface area contributed by atoms with E-state index in [1.54, 1.807) is 6.21 Å². The second-order valence-electron chi connectivity index (χ2n) is 1.83. The zero-order valence-electron chi connectivity index (χ0n) is 5.29. The number of hydrogen-bond acceptors (Lipinski definition) is 2. The summed E-state index contributed by atoms with van der Waals surface area (Å²) in [7, 11) is 0.